The molecule has 0 N–H and O–H groups in total. The summed E-state index contributed by atoms with van der Waals surface area (Å²) >= 11 is 0. The Balaban J connectivity index is 2.56. The van der Waals surface area contributed by atoms with E-state index in [4.69, 9.17) is 4.74 Å². The molecule has 0 radical (unpaired) electrons. The largest absolute Gasteiger partial charge is 0.377 e. The van der Waals surface area contributed by atoms with Crippen LogP contribution in [0.2, 0.25) is 0 Å². The van der Waals surface area contributed by atoms with Gasteiger partial charge in [-0.15, -0.1) is 6.58 Å². The SMILES string of the molecule is C=CCOCCC. The predicted octanol–water partition coefficient (Wildman–Crippen LogP) is 1.60. The Bertz CT molecular complexity index is 41.4. The highest BCUT2D eigenvalue weighted by Gasteiger charge is 1.74. The van der Waals surface area contributed by atoms with E-state index in [1.165, 1.54) is 0 Å². The molecule has 1 nitrogen and oxygen atoms in total. The van der Waals surface area contributed by atoms with Crippen molar-refractivity contribution in [2.75, 3.05) is 13.2 Å². The van der Waals surface area contributed by atoms with Crippen molar-refractivity contribution in [3.8, 4) is 0 Å². The molecule has 7 heavy (non-hydrogen) atoms. The second kappa shape index (κ2) is 5.70. The highest BCUT2D eigenvalue weighted by Crippen LogP contribution is 1.77. The molecule has 0 aromatic heterocycles. The molecule has 0 bridgehead atoms. The first-order valence-corrected chi connectivity index (χ1v) is 2.60. The molecular formula is C6H12O. The van der Waals surface area contributed by atoms with Crippen LogP contribution in [0.1, 0.15) is 13.3 Å². The first-order valence-electron chi connectivity index (χ1n) is 2.60. The van der Waals surface area contributed by atoms with Crippen molar-refractivity contribution in [3.05, 3.63) is 12.7 Å². The summed E-state index contributed by atoms with van der Waals surface area (Å²) in [6.07, 6.45) is 2.85. The van der Waals surface area contributed by atoms with Crippen LogP contribution in [-0.2, 0) is 4.74 Å². The van der Waals surface area contributed by atoms with Crippen LogP contribution < -0.4 is 0 Å². The van der Waals surface area contributed by atoms with E-state index in [0.29, 0.717) is 6.61 Å². The van der Waals surface area contributed by atoms with Crippen molar-refractivity contribution in [3.63, 3.8) is 0 Å². The van der Waals surface area contributed by atoms with Crippen molar-refractivity contribution in [2.45, 2.75) is 13.3 Å². The molecule has 1 heteroatoms. The molecule has 0 rings (SSSR count). The topological polar surface area (TPSA) is 9.23 Å². The lowest BCUT2D eigenvalue weighted by Crippen LogP contribution is -1.90. The minimum Gasteiger partial charge on any atom is -0.377 e. The molecule has 0 saturated carbocycles. The van der Waals surface area contributed by atoms with Gasteiger partial charge in [0.2, 0.25) is 0 Å². The zero-order valence-electron chi connectivity index (χ0n) is 4.81. The number of hydrogen-bond acceptors (Lipinski definition) is 1. The van der Waals surface area contributed by atoms with E-state index < -0.39 is 0 Å². The monoisotopic (exact) mass is 100 g/mol. The molecule has 0 fully saturated rings. The zero-order chi connectivity index (χ0) is 5.54. The van der Waals surface area contributed by atoms with Crippen molar-refractivity contribution in [2.24, 2.45) is 0 Å². The van der Waals surface area contributed by atoms with E-state index in [1.54, 1.807) is 6.08 Å². The molecular weight excluding hydrogens is 88.1 g/mol. The molecule has 0 atom stereocenters. The fraction of sp³-hybridized carbons (Fsp3) is 0.667. The first kappa shape index (κ1) is 6.70. The van der Waals surface area contributed by atoms with E-state index in [-0.39, 0.29) is 0 Å². The number of hydrogen-bond donors (Lipinski definition) is 0. The molecule has 0 aromatic rings. The van der Waals surface area contributed by atoms with Gasteiger partial charge in [0.25, 0.3) is 0 Å². The molecule has 0 amide bonds. The van der Waals surface area contributed by atoms with Crippen LogP contribution in [0.3, 0.4) is 0 Å². The van der Waals surface area contributed by atoms with Gasteiger partial charge in [0, 0.05) is 6.61 Å². The highest BCUT2D eigenvalue weighted by atomic mass is 16.5. The minimum atomic E-state index is 0.688. The molecule has 0 unspecified atom stereocenters. The highest BCUT2D eigenvalue weighted by molar-refractivity contribution is 4.63. The molecule has 0 aliphatic heterocycles. The Labute approximate surface area is 45.0 Å². The fourth-order valence-electron chi connectivity index (χ4n) is 0.311. The van der Waals surface area contributed by atoms with Gasteiger partial charge in [-0.3, -0.25) is 0 Å². The van der Waals surface area contributed by atoms with Crippen LogP contribution in [0, 0.1) is 0 Å². The Morgan fingerprint density at radius 3 is 2.86 bits per heavy atom. The van der Waals surface area contributed by atoms with Gasteiger partial charge in [-0.1, -0.05) is 13.0 Å². The lowest BCUT2D eigenvalue weighted by Gasteiger charge is -1.92. The zero-order valence-corrected chi connectivity index (χ0v) is 4.81. The molecule has 0 aliphatic rings. The fourth-order valence-corrected chi connectivity index (χ4v) is 0.311. The van der Waals surface area contributed by atoms with Gasteiger partial charge < -0.3 is 4.74 Å². The first-order chi connectivity index (χ1) is 3.41. The molecule has 0 aromatic carbocycles. The van der Waals surface area contributed by atoms with Gasteiger partial charge in [0.15, 0.2) is 0 Å². The van der Waals surface area contributed by atoms with Crippen molar-refractivity contribution >= 4 is 0 Å². The summed E-state index contributed by atoms with van der Waals surface area (Å²) in [7, 11) is 0. The average Bonchev–Trinajstić information content (AvgIpc) is 1.69. The van der Waals surface area contributed by atoms with E-state index in [1.807, 2.05) is 0 Å². The summed E-state index contributed by atoms with van der Waals surface area (Å²) in [5, 5.41) is 0. The Kier molecular flexibility index (Phi) is 5.46. The molecule has 0 aliphatic carbocycles. The third kappa shape index (κ3) is 5.70. The lowest BCUT2D eigenvalue weighted by atomic mass is 10.5. The van der Waals surface area contributed by atoms with Crippen LogP contribution in [0.15, 0.2) is 12.7 Å². The molecule has 42 valence electrons. The number of ether oxygens (including phenoxy) is 1. The minimum absolute atomic E-state index is 0.688. The predicted molar refractivity (Wildman–Crippen MR) is 31.3 cm³/mol. The molecule has 0 heterocycles. The normalized spacial score (nSPS) is 8.71. The Hall–Kier alpha value is -0.300. The van der Waals surface area contributed by atoms with Crippen LogP contribution in [0.4, 0.5) is 0 Å². The molecule has 0 spiro atoms. The third-order valence-electron chi connectivity index (χ3n) is 0.584. The van der Waals surface area contributed by atoms with Crippen molar-refractivity contribution in [1.82, 2.24) is 0 Å². The van der Waals surface area contributed by atoms with Crippen LogP contribution in [0.5, 0.6) is 0 Å². The summed E-state index contributed by atoms with van der Waals surface area (Å²) in [5.41, 5.74) is 0. The third-order valence-corrected chi connectivity index (χ3v) is 0.584. The van der Waals surface area contributed by atoms with Gasteiger partial charge >= 0.3 is 0 Å². The van der Waals surface area contributed by atoms with Gasteiger partial charge in [-0.25, -0.2) is 0 Å². The maximum atomic E-state index is 5.01. The summed E-state index contributed by atoms with van der Waals surface area (Å²) in [4.78, 5) is 0. The number of rotatable bonds is 4. The lowest BCUT2D eigenvalue weighted by molar-refractivity contribution is 0.163. The van der Waals surface area contributed by atoms with Crippen molar-refractivity contribution in [1.29, 1.82) is 0 Å². The average molecular weight is 100 g/mol. The smallest absolute Gasteiger partial charge is 0.0644 e. The van der Waals surface area contributed by atoms with Gasteiger partial charge in [0.05, 0.1) is 6.61 Å². The summed E-state index contributed by atoms with van der Waals surface area (Å²) in [6, 6.07) is 0. The van der Waals surface area contributed by atoms with Crippen LogP contribution in [0.25, 0.3) is 0 Å². The Morgan fingerprint density at radius 1 is 1.71 bits per heavy atom. The summed E-state index contributed by atoms with van der Waals surface area (Å²) in [5.74, 6) is 0. The van der Waals surface area contributed by atoms with E-state index in [0.717, 1.165) is 13.0 Å². The van der Waals surface area contributed by atoms with E-state index >= 15 is 0 Å². The second-order valence-electron chi connectivity index (χ2n) is 1.36. The van der Waals surface area contributed by atoms with E-state index in [9.17, 15) is 0 Å². The van der Waals surface area contributed by atoms with Crippen LogP contribution in [-0.4, -0.2) is 13.2 Å². The van der Waals surface area contributed by atoms with Gasteiger partial charge in [-0.2, -0.15) is 0 Å². The molecule has 0 saturated heterocycles. The summed E-state index contributed by atoms with van der Waals surface area (Å²) < 4.78 is 5.01. The van der Waals surface area contributed by atoms with Crippen molar-refractivity contribution < 1.29 is 4.74 Å². The maximum Gasteiger partial charge on any atom is 0.0644 e. The quantitative estimate of drug-likeness (QED) is 0.385. The van der Waals surface area contributed by atoms with E-state index in [2.05, 4.69) is 13.5 Å². The van der Waals surface area contributed by atoms with Gasteiger partial charge in [0.1, 0.15) is 0 Å². The Morgan fingerprint density at radius 2 is 2.43 bits per heavy atom. The second-order valence-corrected chi connectivity index (χ2v) is 1.36. The maximum absolute atomic E-state index is 5.01. The summed E-state index contributed by atoms with van der Waals surface area (Å²) in [6.45, 7) is 7.14. The standard InChI is InChI=1S/C6H12O/c1-3-5-7-6-4-2/h3H,1,4-6H2,2H3. The van der Waals surface area contributed by atoms with Gasteiger partial charge in [-0.05, 0) is 6.42 Å². The van der Waals surface area contributed by atoms with Crippen LogP contribution >= 0.6 is 0 Å².